The van der Waals surface area contributed by atoms with E-state index >= 15 is 0 Å². The second-order valence-corrected chi connectivity index (χ2v) is 5.32. The van der Waals surface area contributed by atoms with Crippen LogP contribution >= 0.6 is 0 Å². The van der Waals surface area contributed by atoms with E-state index in [1.54, 1.807) is 0 Å². The van der Waals surface area contributed by atoms with E-state index in [1.165, 1.54) is 0 Å². The molecule has 0 radical (unpaired) electrons. The standard InChI is InChI=1S/C9H20B2O2/c1-7(2)10-11-12-8(3,4)9(5,6)13-11/h7,10H,1-6H3. The highest BCUT2D eigenvalue weighted by Gasteiger charge is 2.50. The summed E-state index contributed by atoms with van der Waals surface area (Å²) in [6, 6.07) is 0. The zero-order chi connectivity index (χ0) is 10.3. The van der Waals surface area contributed by atoms with Crippen molar-refractivity contribution < 1.29 is 9.31 Å². The van der Waals surface area contributed by atoms with Crippen LogP contribution in [0.2, 0.25) is 5.82 Å². The molecule has 1 fully saturated rings. The highest BCUT2D eigenvalue weighted by atomic mass is 16.7. The smallest absolute Gasteiger partial charge is 0.403 e. The van der Waals surface area contributed by atoms with Crippen molar-refractivity contribution in [2.75, 3.05) is 0 Å². The molecule has 2 nitrogen and oxygen atoms in total. The van der Waals surface area contributed by atoms with Gasteiger partial charge in [-0.1, -0.05) is 19.7 Å². The summed E-state index contributed by atoms with van der Waals surface area (Å²) in [6.07, 6.45) is 0. The molecule has 1 saturated heterocycles. The van der Waals surface area contributed by atoms with Crippen LogP contribution in [0.3, 0.4) is 0 Å². The molecule has 1 aliphatic heterocycles. The maximum absolute atomic E-state index is 5.85. The normalized spacial score (nSPS) is 25.3. The minimum atomic E-state index is -0.174. The fourth-order valence-electron chi connectivity index (χ4n) is 1.45. The maximum atomic E-state index is 5.85. The minimum absolute atomic E-state index is 0.0231. The second kappa shape index (κ2) is 3.32. The Kier molecular flexibility index (Phi) is 2.84. The molecule has 1 rings (SSSR count). The first kappa shape index (κ1) is 11.1. The summed E-state index contributed by atoms with van der Waals surface area (Å²) >= 11 is 0. The highest BCUT2D eigenvalue weighted by Crippen LogP contribution is 2.36. The van der Waals surface area contributed by atoms with Gasteiger partial charge >= 0.3 is 7.01 Å². The molecular weight excluding hydrogens is 162 g/mol. The van der Waals surface area contributed by atoms with Gasteiger partial charge in [-0.05, 0) is 27.7 Å². The molecule has 1 aliphatic rings. The van der Waals surface area contributed by atoms with Crippen molar-refractivity contribution in [3.05, 3.63) is 0 Å². The van der Waals surface area contributed by atoms with Gasteiger partial charge in [0, 0.05) is 0 Å². The van der Waals surface area contributed by atoms with Gasteiger partial charge in [-0.15, -0.1) is 0 Å². The molecule has 0 aromatic rings. The Bertz CT molecular complexity index is 174. The molecular formula is C9H20B2O2. The first-order chi connectivity index (χ1) is 5.74. The van der Waals surface area contributed by atoms with Crippen LogP contribution < -0.4 is 0 Å². The predicted molar refractivity (Wildman–Crippen MR) is 58.3 cm³/mol. The van der Waals surface area contributed by atoms with E-state index in [0.717, 1.165) is 7.17 Å². The third kappa shape index (κ3) is 2.29. The first-order valence-electron chi connectivity index (χ1n) is 5.10. The first-order valence-corrected chi connectivity index (χ1v) is 5.10. The van der Waals surface area contributed by atoms with Gasteiger partial charge in [0.15, 0.2) is 7.17 Å². The van der Waals surface area contributed by atoms with Crippen molar-refractivity contribution in [3.8, 4) is 0 Å². The zero-order valence-corrected chi connectivity index (χ0v) is 9.68. The minimum Gasteiger partial charge on any atom is -0.410 e. The zero-order valence-electron chi connectivity index (χ0n) is 9.68. The van der Waals surface area contributed by atoms with Crippen LogP contribution in [0.1, 0.15) is 41.5 Å². The van der Waals surface area contributed by atoms with Gasteiger partial charge in [0.2, 0.25) is 0 Å². The quantitative estimate of drug-likeness (QED) is 0.606. The van der Waals surface area contributed by atoms with Crippen LogP contribution in [0.4, 0.5) is 0 Å². The summed E-state index contributed by atoms with van der Waals surface area (Å²) in [7, 11) is 0.956. The van der Waals surface area contributed by atoms with E-state index in [9.17, 15) is 0 Å². The fraction of sp³-hybridized carbons (Fsp3) is 1.00. The van der Waals surface area contributed by atoms with Crippen LogP contribution in [-0.2, 0) is 9.31 Å². The molecule has 0 spiro atoms. The fourth-order valence-corrected chi connectivity index (χ4v) is 1.45. The molecule has 0 bridgehead atoms. The van der Waals surface area contributed by atoms with Crippen LogP contribution in [-0.4, -0.2) is 25.4 Å². The summed E-state index contributed by atoms with van der Waals surface area (Å²) in [5.74, 6) is 0.620. The van der Waals surface area contributed by atoms with Crippen LogP contribution in [0.5, 0.6) is 0 Å². The van der Waals surface area contributed by atoms with Crippen molar-refractivity contribution in [1.29, 1.82) is 0 Å². The van der Waals surface area contributed by atoms with E-state index in [1.807, 2.05) is 0 Å². The second-order valence-electron chi connectivity index (χ2n) is 5.32. The Morgan fingerprint density at radius 1 is 1.00 bits per heavy atom. The molecule has 0 N–H and O–H groups in total. The Balaban J connectivity index is 2.60. The Hall–Kier alpha value is 0.0499. The summed E-state index contributed by atoms with van der Waals surface area (Å²) in [5, 5.41) is 0. The van der Waals surface area contributed by atoms with Gasteiger partial charge in [-0.3, -0.25) is 0 Å². The topological polar surface area (TPSA) is 18.5 Å². The predicted octanol–water partition coefficient (Wildman–Crippen LogP) is 1.84. The number of hydrogen-bond acceptors (Lipinski definition) is 2. The molecule has 0 atom stereocenters. The Morgan fingerprint density at radius 2 is 1.38 bits per heavy atom. The largest absolute Gasteiger partial charge is 0.410 e. The molecule has 0 aromatic carbocycles. The van der Waals surface area contributed by atoms with Crippen LogP contribution in [0, 0.1) is 0 Å². The van der Waals surface area contributed by atoms with Crippen molar-refractivity contribution in [2.24, 2.45) is 0 Å². The summed E-state index contributed by atoms with van der Waals surface area (Å²) < 4.78 is 11.7. The van der Waals surface area contributed by atoms with E-state index in [4.69, 9.17) is 9.31 Å². The lowest BCUT2D eigenvalue weighted by Crippen LogP contribution is -2.41. The van der Waals surface area contributed by atoms with Gasteiger partial charge in [0.05, 0.1) is 11.2 Å². The Labute approximate surface area is 82.7 Å². The maximum Gasteiger partial charge on any atom is 0.403 e. The molecule has 1 heterocycles. The molecule has 74 valence electrons. The molecule has 0 aromatic heterocycles. The van der Waals surface area contributed by atoms with Crippen molar-refractivity contribution in [2.45, 2.75) is 58.6 Å². The van der Waals surface area contributed by atoms with Gasteiger partial charge in [-0.2, -0.15) is 0 Å². The average Bonchev–Trinajstić information content (AvgIpc) is 1.98. The lowest BCUT2D eigenvalue weighted by Gasteiger charge is -2.32. The third-order valence-electron chi connectivity index (χ3n) is 2.97. The van der Waals surface area contributed by atoms with E-state index in [2.05, 4.69) is 41.5 Å². The summed E-state index contributed by atoms with van der Waals surface area (Å²) in [4.78, 5) is 0. The van der Waals surface area contributed by atoms with Crippen molar-refractivity contribution >= 4 is 14.2 Å². The SMILES string of the molecule is CC(C)BB1OC(C)(C)C(C)(C)O1. The number of hydrogen-bond donors (Lipinski definition) is 0. The monoisotopic (exact) mass is 182 g/mol. The van der Waals surface area contributed by atoms with Gasteiger partial charge in [0.25, 0.3) is 0 Å². The highest BCUT2D eigenvalue weighted by molar-refractivity contribution is 7.06. The molecule has 0 unspecified atom stereocenters. The lowest BCUT2D eigenvalue weighted by molar-refractivity contribution is 0.00578. The van der Waals surface area contributed by atoms with Crippen molar-refractivity contribution in [1.82, 2.24) is 0 Å². The van der Waals surface area contributed by atoms with E-state index < -0.39 is 0 Å². The average molecular weight is 182 g/mol. The lowest BCUT2D eigenvalue weighted by atomic mass is 9.38. The number of rotatable bonds is 2. The molecule has 13 heavy (non-hydrogen) atoms. The summed E-state index contributed by atoms with van der Waals surface area (Å²) in [5.41, 5.74) is -0.348. The Morgan fingerprint density at radius 3 is 1.69 bits per heavy atom. The molecule has 4 heteroatoms. The van der Waals surface area contributed by atoms with Gasteiger partial charge < -0.3 is 9.31 Å². The van der Waals surface area contributed by atoms with E-state index in [-0.39, 0.29) is 18.2 Å². The summed E-state index contributed by atoms with van der Waals surface area (Å²) in [6.45, 7) is 12.7. The molecule has 0 aliphatic carbocycles. The van der Waals surface area contributed by atoms with Crippen molar-refractivity contribution in [3.63, 3.8) is 0 Å². The third-order valence-corrected chi connectivity index (χ3v) is 2.97. The molecule has 0 amide bonds. The van der Waals surface area contributed by atoms with E-state index in [0.29, 0.717) is 5.82 Å². The van der Waals surface area contributed by atoms with Gasteiger partial charge in [-0.25, -0.2) is 0 Å². The molecule has 0 saturated carbocycles. The van der Waals surface area contributed by atoms with Crippen LogP contribution in [0.25, 0.3) is 0 Å². The van der Waals surface area contributed by atoms with Gasteiger partial charge in [0.1, 0.15) is 0 Å². The van der Waals surface area contributed by atoms with Crippen LogP contribution in [0.15, 0.2) is 0 Å².